The fraction of sp³-hybridized carbons (Fsp3) is 0.308. The molecular weight excluding hydrogens is 244 g/mol. The van der Waals surface area contributed by atoms with Crippen molar-refractivity contribution in [2.75, 3.05) is 19.7 Å². The summed E-state index contributed by atoms with van der Waals surface area (Å²) in [4.78, 5) is 18.2. The fourth-order valence-electron chi connectivity index (χ4n) is 1.83. The second-order valence-corrected chi connectivity index (χ2v) is 3.93. The molecule has 0 fully saturated rings. The molecule has 1 N–H and O–H groups in total. The molecule has 6 heteroatoms. The van der Waals surface area contributed by atoms with Crippen LogP contribution < -0.4 is 0 Å². The summed E-state index contributed by atoms with van der Waals surface area (Å²) in [6, 6.07) is 5.20. The lowest BCUT2D eigenvalue weighted by Crippen LogP contribution is -2.34. The molecule has 0 aromatic carbocycles. The number of nitrogens with zero attached hydrogens (tertiary/aromatic N) is 4. The number of aromatic nitrogens is 3. The van der Waals surface area contributed by atoms with Gasteiger partial charge in [0.25, 0.3) is 5.91 Å². The number of pyridine rings is 1. The zero-order chi connectivity index (χ0) is 13.7. The van der Waals surface area contributed by atoms with Gasteiger partial charge in [-0.2, -0.15) is 5.10 Å². The van der Waals surface area contributed by atoms with Crippen LogP contribution in [-0.4, -0.2) is 50.4 Å². The highest BCUT2D eigenvalue weighted by Crippen LogP contribution is 2.13. The molecule has 0 spiro atoms. The number of amides is 1. The molecule has 0 bridgehead atoms. The summed E-state index contributed by atoms with van der Waals surface area (Å²) in [7, 11) is 0. The average molecular weight is 260 g/mol. The number of carbonyl (C=O) groups is 1. The molecule has 0 aliphatic carbocycles. The van der Waals surface area contributed by atoms with Crippen molar-refractivity contribution in [2.45, 2.75) is 6.92 Å². The van der Waals surface area contributed by atoms with Gasteiger partial charge in [-0.1, -0.05) is 0 Å². The minimum atomic E-state index is -0.157. The molecule has 0 atom stereocenters. The molecule has 1 amide bonds. The third-order valence-corrected chi connectivity index (χ3v) is 2.78. The van der Waals surface area contributed by atoms with Gasteiger partial charge in [-0.15, -0.1) is 0 Å². The van der Waals surface area contributed by atoms with Crippen LogP contribution in [0.25, 0.3) is 5.82 Å². The summed E-state index contributed by atoms with van der Waals surface area (Å²) in [5.41, 5.74) is 0.474. The van der Waals surface area contributed by atoms with E-state index in [2.05, 4.69) is 10.1 Å². The molecule has 2 aromatic heterocycles. The van der Waals surface area contributed by atoms with Crippen LogP contribution >= 0.6 is 0 Å². The zero-order valence-corrected chi connectivity index (χ0v) is 10.7. The van der Waals surface area contributed by atoms with Gasteiger partial charge in [-0.25, -0.2) is 9.67 Å². The molecule has 2 rings (SSSR count). The Bertz CT molecular complexity index is 539. The van der Waals surface area contributed by atoms with E-state index in [0.717, 1.165) is 0 Å². The summed E-state index contributed by atoms with van der Waals surface area (Å²) < 4.78 is 1.56. The van der Waals surface area contributed by atoms with Crippen molar-refractivity contribution in [3.8, 4) is 5.82 Å². The van der Waals surface area contributed by atoms with E-state index in [1.54, 1.807) is 46.4 Å². The van der Waals surface area contributed by atoms with Crippen LogP contribution in [-0.2, 0) is 0 Å². The molecule has 100 valence electrons. The number of aliphatic hydroxyl groups is 1. The summed E-state index contributed by atoms with van der Waals surface area (Å²) in [6.45, 7) is 2.66. The highest BCUT2D eigenvalue weighted by molar-refractivity contribution is 5.97. The van der Waals surface area contributed by atoms with Crippen molar-refractivity contribution in [1.82, 2.24) is 19.7 Å². The smallest absolute Gasteiger partial charge is 0.257 e. The van der Waals surface area contributed by atoms with Gasteiger partial charge in [0.15, 0.2) is 5.82 Å². The molecule has 2 heterocycles. The van der Waals surface area contributed by atoms with Gasteiger partial charge < -0.3 is 10.0 Å². The van der Waals surface area contributed by atoms with E-state index < -0.39 is 0 Å². The van der Waals surface area contributed by atoms with Crippen molar-refractivity contribution in [2.24, 2.45) is 0 Å². The van der Waals surface area contributed by atoms with E-state index in [-0.39, 0.29) is 12.5 Å². The zero-order valence-electron chi connectivity index (χ0n) is 10.7. The summed E-state index contributed by atoms with van der Waals surface area (Å²) in [6.07, 6.45) is 4.99. The minimum absolute atomic E-state index is 0.0586. The van der Waals surface area contributed by atoms with Crippen molar-refractivity contribution >= 4 is 5.91 Å². The Kier molecular flexibility index (Phi) is 4.25. The predicted molar refractivity (Wildman–Crippen MR) is 70.0 cm³/mol. The second-order valence-electron chi connectivity index (χ2n) is 3.93. The Morgan fingerprint density at radius 2 is 2.26 bits per heavy atom. The van der Waals surface area contributed by atoms with Gasteiger partial charge in [0.1, 0.15) is 0 Å². The fourth-order valence-corrected chi connectivity index (χ4v) is 1.83. The van der Waals surface area contributed by atoms with Gasteiger partial charge in [0.05, 0.1) is 12.2 Å². The van der Waals surface area contributed by atoms with Crippen LogP contribution in [0.1, 0.15) is 17.3 Å². The maximum Gasteiger partial charge on any atom is 0.257 e. The Morgan fingerprint density at radius 1 is 1.42 bits per heavy atom. The van der Waals surface area contributed by atoms with Crippen molar-refractivity contribution < 1.29 is 9.90 Å². The Morgan fingerprint density at radius 3 is 2.89 bits per heavy atom. The van der Waals surface area contributed by atoms with Crippen LogP contribution in [0, 0.1) is 0 Å². The monoisotopic (exact) mass is 260 g/mol. The molecule has 0 saturated heterocycles. The third-order valence-electron chi connectivity index (χ3n) is 2.78. The topological polar surface area (TPSA) is 71.2 Å². The van der Waals surface area contributed by atoms with Gasteiger partial charge >= 0.3 is 0 Å². The van der Waals surface area contributed by atoms with E-state index in [0.29, 0.717) is 24.5 Å². The molecule has 6 nitrogen and oxygen atoms in total. The van der Waals surface area contributed by atoms with E-state index in [1.807, 2.05) is 6.92 Å². The molecule has 0 saturated carbocycles. The van der Waals surface area contributed by atoms with Crippen LogP contribution in [0.4, 0.5) is 0 Å². The number of hydrogen-bond acceptors (Lipinski definition) is 4. The maximum absolute atomic E-state index is 12.4. The largest absolute Gasteiger partial charge is 0.395 e. The van der Waals surface area contributed by atoms with Gasteiger partial charge in [0, 0.05) is 31.7 Å². The molecule has 19 heavy (non-hydrogen) atoms. The number of rotatable bonds is 5. The highest BCUT2D eigenvalue weighted by Gasteiger charge is 2.18. The summed E-state index contributed by atoms with van der Waals surface area (Å²) in [5.74, 6) is 0.337. The average Bonchev–Trinajstić information content (AvgIpc) is 2.98. The van der Waals surface area contributed by atoms with Gasteiger partial charge in [-0.05, 0) is 25.1 Å². The Hall–Kier alpha value is -2.21. The van der Waals surface area contributed by atoms with E-state index in [1.165, 1.54) is 0 Å². The third kappa shape index (κ3) is 2.79. The highest BCUT2D eigenvalue weighted by atomic mass is 16.3. The first-order valence-electron chi connectivity index (χ1n) is 6.13. The van der Waals surface area contributed by atoms with Crippen LogP contribution in [0.2, 0.25) is 0 Å². The molecule has 0 aliphatic rings. The number of carbonyl (C=O) groups excluding carboxylic acids is 1. The Labute approximate surface area is 111 Å². The lowest BCUT2D eigenvalue weighted by Gasteiger charge is -2.20. The number of aliphatic hydroxyl groups excluding tert-OH is 1. The number of hydrogen-bond donors (Lipinski definition) is 1. The first kappa shape index (κ1) is 13.2. The lowest BCUT2D eigenvalue weighted by atomic mass is 10.2. The van der Waals surface area contributed by atoms with Crippen molar-refractivity contribution in [3.05, 3.63) is 42.4 Å². The first-order chi connectivity index (χ1) is 9.27. The van der Waals surface area contributed by atoms with E-state index in [4.69, 9.17) is 5.11 Å². The molecule has 0 radical (unpaired) electrons. The summed E-state index contributed by atoms with van der Waals surface area (Å²) in [5, 5.41) is 13.1. The van der Waals surface area contributed by atoms with E-state index >= 15 is 0 Å². The Balaban J connectivity index is 2.37. The molecule has 0 unspecified atom stereocenters. The van der Waals surface area contributed by atoms with Gasteiger partial charge in [0.2, 0.25) is 0 Å². The van der Waals surface area contributed by atoms with Crippen LogP contribution in [0.15, 0.2) is 36.8 Å². The maximum atomic E-state index is 12.4. The molecular formula is C13H16N4O2. The van der Waals surface area contributed by atoms with Crippen LogP contribution in [0.3, 0.4) is 0 Å². The quantitative estimate of drug-likeness (QED) is 0.860. The van der Waals surface area contributed by atoms with Gasteiger partial charge in [-0.3, -0.25) is 4.79 Å². The van der Waals surface area contributed by atoms with Crippen molar-refractivity contribution in [1.29, 1.82) is 0 Å². The van der Waals surface area contributed by atoms with Crippen LogP contribution in [0.5, 0.6) is 0 Å². The molecule has 0 aliphatic heterocycles. The van der Waals surface area contributed by atoms with E-state index in [9.17, 15) is 4.79 Å². The van der Waals surface area contributed by atoms with Crippen molar-refractivity contribution in [3.63, 3.8) is 0 Å². The summed E-state index contributed by atoms with van der Waals surface area (Å²) >= 11 is 0. The molecule has 2 aromatic rings. The predicted octanol–water partition coefficient (Wildman–Crippen LogP) is 0.722. The number of likely N-dealkylation sites (N-methyl/N-ethyl adjacent to an activating group) is 1. The normalized spacial score (nSPS) is 10.4. The first-order valence-corrected chi connectivity index (χ1v) is 6.13. The standard InChI is InChI=1S/C13H16N4O2/c1-2-16(9-10-18)13(19)11-5-3-6-14-12(11)17-8-4-7-15-17/h3-8,18H,2,9-10H2,1H3. The second kappa shape index (κ2) is 6.10. The minimum Gasteiger partial charge on any atom is -0.395 e. The SMILES string of the molecule is CCN(CCO)C(=O)c1cccnc1-n1cccn1. The lowest BCUT2D eigenvalue weighted by molar-refractivity contribution is 0.0731.